The average molecular weight is 415 g/mol. The van der Waals surface area contributed by atoms with Crippen molar-refractivity contribution in [3.8, 4) is 0 Å². The van der Waals surface area contributed by atoms with Crippen LogP contribution in [0.3, 0.4) is 0 Å². The molecule has 2 aromatic heterocycles. The van der Waals surface area contributed by atoms with Gasteiger partial charge in [-0.1, -0.05) is 34.3 Å². The molecular weight excluding hydrogens is 407 g/mol. The van der Waals surface area contributed by atoms with Crippen LogP contribution >= 0.6 is 0 Å². The van der Waals surface area contributed by atoms with Crippen LogP contribution in [0.2, 0.25) is 0 Å². The first-order valence-electron chi connectivity index (χ1n) is 3.95. The standard InChI is InChI=1S/2C5H5NS.Pt/c2*7-5-3-1-2-4-6-5;/h2*1-4H,(H,6,7);/q;;+2/p-2. The summed E-state index contributed by atoms with van der Waals surface area (Å²) in [6.07, 6.45) is 3.37. The minimum absolute atomic E-state index is 0. The summed E-state index contributed by atoms with van der Waals surface area (Å²) in [5, 5.41) is 1.31. The fraction of sp³-hybridized carbons (Fsp3) is 0. The summed E-state index contributed by atoms with van der Waals surface area (Å²) in [4.78, 5) is 7.59. The maximum absolute atomic E-state index is 4.70. The molecule has 2 aromatic rings. The van der Waals surface area contributed by atoms with Gasteiger partial charge in [0.05, 0.1) is 0 Å². The van der Waals surface area contributed by atoms with Crippen molar-refractivity contribution < 1.29 is 21.1 Å². The predicted molar refractivity (Wildman–Crippen MR) is 59.7 cm³/mol. The minimum Gasteiger partial charge on any atom is -0.760 e. The van der Waals surface area contributed by atoms with Gasteiger partial charge < -0.3 is 25.3 Å². The zero-order valence-electron chi connectivity index (χ0n) is 7.65. The van der Waals surface area contributed by atoms with Crippen molar-refractivity contribution in [2.75, 3.05) is 0 Å². The second-order valence-corrected chi connectivity index (χ2v) is 3.17. The number of hydrogen-bond donors (Lipinski definition) is 0. The van der Waals surface area contributed by atoms with E-state index in [1.54, 1.807) is 24.5 Å². The molecule has 80 valence electrons. The van der Waals surface area contributed by atoms with Crippen LogP contribution in [0.25, 0.3) is 0 Å². The zero-order chi connectivity index (χ0) is 10.2. The molecule has 0 aliphatic rings. The number of hydrogen-bond acceptors (Lipinski definition) is 4. The van der Waals surface area contributed by atoms with E-state index in [0.717, 1.165) is 0 Å². The number of pyridine rings is 2. The molecule has 2 heterocycles. The Labute approximate surface area is 115 Å². The van der Waals surface area contributed by atoms with Crippen LogP contribution in [-0.4, -0.2) is 9.97 Å². The van der Waals surface area contributed by atoms with E-state index in [2.05, 4.69) is 9.97 Å². The van der Waals surface area contributed by atoms with E-state index in [-0.39, 0.29) is 21.1 Å². The molecule has 5 heteroatoms. The Morgan fingerprint density at radius 1 is 0.733 bits per heavy atom. The van der Waals surface area contributed by atoms with E-state index in [9.17, 15) is 0 Å². The van der Waals surface area contributed by atoms with Crippen LogP contribution in [0, 0.1) is 0 Å². The van der Waals surface area contributed by atoms with E-state index in [0.29, 0.717) is 10.1 Å². The summed E-state index contributed by atoms with van der Waals surface area (Å²) in [7, 11) is 0. The molecule has 2 rings (SSSR count). The fourth-order valence-electron chi connectivity index (χ4n) is 0.694. The van der Waals surface area contributed by atoms with Gasteiger partial charge in [0.15, 0.2) is 0 Å². The van der Waals surface area contributed by atoms with E-state index in [4.69, 9.17) is 25.3 Å². The van der Waals surface area contributed by atoms with Gasteiger partial charge in [0, 0.05) is 12.4 Å². The zero-order valence-corrected chi connectivity index (χ0v) is 11.6. The maximum atomic E-state index is 4.70. The fourth-order valence-corrected chi connectivity index (χ4v) is 0.973. The maximum Gasteiger partial charge on any atom is 2.00 e. The van der Waals surface area contributed by atoms with E-state index in [1.165, 1.54) is 0 Å². The molecular formula is C10H8N2PtS2. The third-order valence-corrected chi connectivity index (χ3v) is 1.76. The van der Waals surface area contributed by atoms with E-state index in [1.807, 2.05) is 24.3 Å². The molecule has 0 N–H and O–H groups in total. The molecule has 0 aliphatic carbocycles. The van der Waals surface area contributed by atoms with Gasteiger partial charge in [-0.3, -0.25) is 9.97 Å². The smallest absolute Gasteiger partial charge is 0.760 e. The van der Waals surface area contributed by atoms with Crippen molar-refractivity contribution >= 4 is 25.3 Å². The first-order chi connectivity index (χ1) is 6.79. The van der Waals surface area contributed by atoms with E-state index >= 15 is 0 Å². The molecule has 0 unspecified atom stereocenters. The summed E-state index contributed by atoms with van der Waals surface area (Å²) in [6.45, 7) is 0. The second-order valence-electron chi connectivity index (χ2n) is 2.34. The second kappa shape index (κ2) is 8.71. The van der Waals surface area contributed by atoms with Crippen LogP contribution in [0.15, 0.2) is 58.8 Å². The Kier molecular flexibility index (Phi) is 8.38. The van der Waals surface area contributed by atoms with Crippen molar-refractivity contribution in [2.24, 2.45) is 0 Å². The van der Waals surface area contributed by atoms with Crippen molar-refractivity contribution in [1.29, 1.82) is 0 Å². The van der Waals surface area contributed by atoms with Gasteiger partial charge in [-0.15, -0.1) is 0 Å². The summed E-state index contributed by atoms with van der Waals surface area (Å²) in [5.41, 5.74) is 0. The first kappa shape index (κ1) is 14.4. The number of aromatic nitrogens is 2. The Morgan fingerprint density at radius 3 is 1.27 bits per heavy atom. The van der Waals surface area contributed by atoms with Crippen LogP contribution in [0.5, 0.6) is 0 Å². The van der Waals surface area contributed by atoms with Crippen molar-refractivity contribution in [2.45, 2.75) is 10.1 Å². The molecule has 0 fully saturated rings. The minimum atomic E-state index is 0. The van der Waals surface area contributed by atoms with Crippen molar-refractivity contribution in [3.63, 3.8) is 0 Å². The Hall–Kier alpha value is -0.572. The van der Waals surface area contributed by atoms with Gasteiger partial charge in [0.2, 0.25) is 0 Å². The van der Waals surface area contributed by atoms with Crippen LogP contribution in [0.1, 0.15) is 0 Å². The summed E-state index contributed by atoms with van der Waals surface area (Å²) < 4.78 is 0. The number of rotatable bonds is 0. The third-order valence-electron chi connectivity index (χ3n) is 1.28. The SMILES string of the molecule is [Pt+2].[S-]c1ccccn1.[S-]c1ccccn1. The molecule has 0 aliphatic heterocycles. The number of nitrogens with zero attached hydrogens (tertiary/aromatic N) is 2. The average Bonchev–Trinajstić information content (AvgIpc) is 2.21. The van der Waals surface area contributed by atoms with Gasteiger partial charge in [0.1, 0.15) is 0 Å². The van der Waals surface area contributed by atoms with Gasteiger partial charge in [-0.2, -0.15) is 0 Å². The Bertz CT molecular complexity index is 319. The quantitative estimate of drug-likeness (QED) is 0.615. The van der Waals surface area contributed by atoms with Gasteiger partial charge in [0.25, 0.3) is 0 Å². The molecule has 0 aromatic carbocycles. The van der Waals surface area contributed by atoms with Gasteiger partial charge >= 0.3 is 21.1 Å². The molecule has 15 heavy (non-hydrogen) atoms. The Balaban J connectivity index is 0.000000245. The molecule has 2 nitrogen and oxygen atoms in total. The van der Waals surface area contributed by atoms with Crippen LogP contribution in [0.4, 0.5) is 0 Å². The van der Waals surface area contributed by atoms with Crippen LogP contribution in [-0.2, 0) is 46.3 Å². The topological polar surface area (TPSA) is 25.8 Å². The molecule has 0 atom stereocenters. The largest absolute Gasteiger partial charge is 2.00 e. The summed E-state index contributed by atoms with van der Waals surface area (Å²) >= 11 is 9.40. The third kappa shape index (κ3) is 7.37. The van der Waals surface area contributed by atoms with Crippen LogP contribution < -0.4 is 0 Å². The predicted octanol–water partition coefficient (Wildman–Crippen LogP) is 1.97. The molecule has 0 amide bonds. The van der Waals surface area contributed by atoms with Gasteiger partial charge in [-0.25, -0.2) is 0 Å². The summed E-state index contributed by atoms with van der Waals surface area (Å²) in [5.74, 6) is 0. The van der Waals surface area contributed by atoms with Crippen molar-refractivity contribution in [3.05, 3.63) is 48.8 Å². The molecule has 0 saturated carbocycles. The molecule has 0 bridgehead atoms. The molecule has 0 radical (unpaired) electrons. The molecule has 0 spiro atoms. The molecule has 0 saturated heterocycles. The monoisotopic (exact) mass is 415 g/mol. The normalized spacial score (nSPS) is 8.00. The first-order valence-corrected chi connectivity index (χ1v) is 4.77. The Morgan fingerprint density at radius 2 is 1.13 bits per heavy atom. The van der Waals surface area contributed by atoms with Gasteiger partial charge in [-0.05, 0) is 12.1 Å². The van der Waals surface area contributed by atoms with E-state index < -0.39 is 0 Å². The van der Waals surface area contributed by atoms with Crippen molar-refractivity contribution in [1.82, 2.24) is 9.97 Å². The summed E-state index contributed by atoms with van der Waals surface area (Å²) in [6, 6.07) is 11.0.